The minimum Gasteiger partial charge on any atom is -0.491 e. The average Bonchev–Trinajstić information content (AvgIpc) is 3.30. The van der Waals surface area contributed by atoms with E-state index < -0.39 is 6.10 Å². The Labute approximate surface area is 163 Å². The Bertz CT molecular complexity index is 664. The van der Waals surface area contributed by atoms with Crippen LogP contribution in [0.25, 0.3) is 0 Å². The van der Waals surface area contributed by atoms with Crippen LogP contribution in [0.4, 0.5) is 0 Å². The third-order valence-electron chi connectivity index (χ3n) is 4.96. The number of aliphatic hydroxyl groups is 1. The van der Waals surface area contributed by atoms with Gasteiger partial charge in [-0.3, -0.25) is 10.2 Å². The molecule has 9 nitrogen and oxygen atoms in total. The van der Waals surface area contributed by atoms with Crippen LogP contribution in [-0.2, 0) is 4.79 Å². The molecule has 150 valence electrons. The van der Waals surface area contributed by atoms with E-state index in [2.05, 4.69) is 21.5 Å². The van der Waals surface area contributed by atoms with Crippen molar-refractivity contribution in [2.75, 3.05) is 33.0 Å². The highest BCUT2D eigenvalue weighted by Crippen LogP contribution is 2.35. The summed E-state index contributed by atoms with van der Waals surface area (Å²) in [4.78, 5) is 12.4. The van der Waals surface area contributed by atoms with Crippen LogP contribution in [-0.4, -0.2) is 62.2 Å². The molecule has 5 N–H and O–H groups in total. The van der Waals surface area contributed by atoms with E-state index in [-0.39, 0.29) is 50.2 Å². The van der Waals surface area contributed by atoms with Crippen molar-refractivity contribution in [3.8, 4) is 17.2 Å². The first-order valence-electron chi connectivity index (χ1n) is 8.91. The number of hydrogen-bond acceptors (Lipinski definition) is 8. The zero-order valence-electron chi connectivity index (χ0n) is 14.8. The molecule has 2 saturated heterocycles. The summed E-state index contributed by atoms with van der Waals surface area (Å²) in [5.74, 6) is 1.98. The van der Waals surface area contributed by atoms with Gasteiger partial charge in [0.25, 0.3) is 0 Å². The van der Waals surface area contributed by atoms with Gasteiger partial charge in [-0.1, -0.05) is 0 Å². The van der Waals surface area contributed by atoms with Gasteiger partial charge in [-0.05, 0) is 25.1 Å². The predicted molar refractivity (Wildman–Crippen MR) is 99.1 cm³/mol. The van der Waals surface area contributed by atoms with E-state index in [0.29, 0.717) is 23.3 Å². The number of amides is 1. The fourth-order valence-corrected chi connectivity index (χ4v) is 3.52. The molecule has 4 rings (SSSR count). The fraction of sp³-hybridized carbons (Fsp3) is 0.588. The van der Waals surface area contributed by atoms with Crippen molar-refractivity contribution in [2.24, 2.45) is 5.92 Å². The average molecular weight is 401 g/mol. The van der Waals surface area contributed by atoms with Crippen molar-refractivity contribution < 1.29 is 24.1 Å². The second-order valence-electron chi connectivity index (χ2n) is 6.75. The minimum atomic E-state index is -0.806. The van der Waals surface area contributed by atoms with Gasteiger partial charge in [0, 0.05) is 31.1 Å². The standard InChI is InChI=1S/C17H24N4O5.ClH/c22-10(8-24-11-1-2-14-15(5-11)26-9-25-14)6-19-17(23)16-12-7-18-4-3-13(12)20-21-16;/h1-2,5,10,12-13,16,18,20-22H,3-4,6-9H2,(H,19,23);1H. The largest absolute Gasteiger partial charge is 0.491 e. The molecule has 4 atom stereocenters. The van der Waals surface area contributed by atoms with Crippen molar-refractivity contribution in [1.82, 2.24) is 21.5 Å². The molecule has 3 heterocycles. The number of aliphatic hydroxyl groups excluding tert-OH is 1. The Balaban J connectivity index is 0.00000210. The first-order valence-corrected chi connectivity index (χ1v) is 8.91. The summed E-state index contributed by atoms with van der Waals surface area (Å²) in [5, 5.41) is 16.2. The van der Waals surface area contributed by atoms with Gasteiger partial charge in [-0.25, -0.2) is 5.43 Å². The van der Waals surface area contributed by atoms with Gasteiger partial charge in [0.1, 0.15) is 24.5 Å². The highest BCUT2D eigenvalue weighted by atomic mass is 35.5. The zero-order chi connectivity index (χ0) is 17.9. The molecular formula is C17H25ClN4O5. The number of piperidine rings is 1. The molecular weight excluding hydrogens is 376 g/mol. The van der Waals surface area contributed by atoms with Crippen molar-refractivity contribution in [2.45, 2.75) is 24.6 Å². The molecule has 10 heteroatoms. The third kappa shape index (κ3) is 4.56. The van der Waals surface area contributed by atoms with Crippen LogP contribution < -0.4 is 35.7 Å². The number of ether oxygens (including phenoxy) is 3. The number of hydrazine groups is 1. The van der Waals surface area contributed by atoms with Gasteiger partial charge >= 0.3 is 0 Å². The Morgan fingerprint density at radius 3 is 3.07 bits per heavy atom. The lowest BCUT2D eigenvalue weighted by molar-refractivity contribution is -0.124. The van der Waals surface area contributed by atoms with Crippen LogP contribution >= 0.6 is 12.4 Å². The highest BCUT2D eigenvalue weighted by Gasteiger charge is 2.41. The lowest BCUT2D eigenvalue weighted by Gasteiger charge is -2.27. The van der Waals surface area contributed by atoms with E-state index in [4.69, 9.17) is 14.2 Å². The second-order valence-corrected chi connectivity index (χ2v) is 6.75. The number of halogens is 1. The van der Waals surface area contributed by atoms with E-state index in [0.717, 1.165) is 19.5 Å². The van der Waals surface area contributed by atoms with Gasteiger partial charge in [0.15, 0.2) is 11.5 Å². The molecule has 0 spiro atoms. The van der Waals surface area contributed by atoms with Crippen molar-refractivity contribution in [1.29, 1.82) is 0 Å². The summed E-state index contributed by atoms with van der Waals surface area (Å²) in [6.45, 7) is 2.17. The molecule has 1 amide bonds. The molecule has 0 radical (unpaired) electrons. The van der Waals surface area contributed by atoms with Crippen LogP contribution in [0, 0.1) is 5.92 Å². The Morgan fingerprint density at radius 2 is 2.19 bits per heavy atom. The summed E-state index contributed by atoms with van der Waals surface area (Å²) in [5.41, 5.74) is 6.25. The maximum Gasteiger partial charge on any atom is 0.238 e. The van der Waals surface area contributed by atoms with E-state index in [1.807, 2.05) is 0 Å². The number of fused-ring (bicyclic) bond motifs is 2. The van der Waals surface area contributed by atoms with Crippen molar-refractivity contribution in [3.05, 3.63) is 18.2 Å². The van der Waals surface area contributed by atoms with E-state index >= 15 is 0 Å². The molecule has 1 aromatic rings. The Kier molecular flexibility index (Phi) is 6.61. The minimum absolute atomic E-state index is 0. The molecule has 3 aliphatic rings. The first kappa shape index (κ1) is 20.0. The van der Waals surface area contributed by atoms with Gasteiger partial charge in [-0.2, -0.15) is 0 Å². The van der Waals surface area contributed by atoms with Crippen LogP contribution in [0.1, 0.15) is 6.42 Å². The zero-order valence-corrected chi connectivity index (χ0v) is 15.6. The molecule has 0 aliphatic carbocycles. The maximum atomic E-state index is 12.4. The van der Waals surface area contributed by atoms with Crippen molar-refractivity contribution >= 4 is 18.3 Å². The summed E-state index contributed by atoms with van der Waals surface area (Å²) in [6.07, 6.45) is 0.187. The second kappa shape index (κ2) is 8.94. The summed E-state index contributed by atoms with van der Waals surface area (Å²) in [6, 6.07) is 5.25. The molecule has 0 bridgehead atoms. The van der Waals surface area contributed by atoms with E-state index in [1.165, 1.54) is 0 Å². The molecule has 3 aliphatic heterocycles. The van der Waals surface area contributed by atoms with Crippen LogP contribution in [0.3, 0.4) is 0 Å². The predicted octanol–water partition coefficient (Wildman–Crippen LogP) is -0.852. The van der Waals surface area contributed by atoms with Crippen LogP contribution in [0.2, 0.25) is 0 Å². The quantitative estimate of drug-likeness (QED) is 0.419. The maximum absolute atomic E-state index is 12.4. The van der Waals surface area contributed by atoms with Crippen molar-refractivity contribution in [3.63, 3.8) is 0 Å². The summed E-state index contributed by atoms with van der Waals surface area (Å²) in [7, 11) is 0. The summed E-state index contributed by atoms with van der Waals surface area (Å²) >= 11 is 0. The van der Waals surface area contributed by atoms with Crippen LogP contribution in [0.15, 0.2) is 18.2 Å². The molecule has 27 heavy (non-hydrogen) atoms. The topological polar surface area (TPSA) is 113 Å². The number of carbonyl (C=O) groups excluding carboxylic acids is 1. The third-order valence-corrected chi connectivity index (χ3v) is 4.96. The Hall–Kier alpha value is -1.78. The SMILES string of the molecule is Cl.O=C(NCC(O)COc1ccc2c(c1)OCO2)C1NNC2CCNCC21. The van der Waals surface area contributed by atoms with E-state index in [1.54, 1.807) is 18.2 Å². The monoisotopic (exact) mass is 400 g/mol. The highest BCUT2D eigenvalue weighted by molar-refractivity contribution is 5.85. The van der Waals surface area contributed by atoms with Crippen LogP contribution in [0.5, 0.6) is 17.2 Å². The fourth-order valence-electron chi connectivity index (χ4n) is 3.52. The number of nitrogens with one attached hydrogen (secondary N) is 4. The summed E-state index contributed by atoms with van der Waals surface area (Å²) < 4.78 is 16.1. The van der Waals surface area contributed by atoms with Gasteiger partial charge < -0.3 is 30.0 Å². The van der Waals surface area contributed by atoms with Gasteiger partial charge in [0.2, 0.25) is 12.7 Å². The first-order chi connectivity index (χ1) is 12.7. The number of carbonyl (C=O) groups is 1. The lowest BCUT2D eigenvalue weighted by atomic mass is 9.89. The molecule has 0 aromatic heterocycles. The number of rotatable bonds is 6. The lowest BCUT2D eigenvalue weighted by Crippen LogP contribution is -2.50. The molecule has 0 saturated carbocycles. The Morgan fingerprint density at radius 1 is 1.33 bits per heavy atom. The molecule has 1 aromatic carbocycles. The number of hydrogen-bond donors (Lipinski definition) is 5. The number of benzene rings is 1. The van der Waals surface area contributed by atoms with E-state index in [9.17, 15) is 9.90 Å². The smallest absolute Gasteiger partial charge is 0.238 e. The van der Waals surface area contributed by atoms with Gasteiger partial charge in [0.05, 0.1) is 0 Å². The molecule has 4 unspecified atom stereocenters. The molecule has 2 fully saturated rings. The van der Waals surface area contributed by atoms with Gasteiger partial charge in [-0.15, -0.1) is 12.4 Å². The normalized spacial score (nSPS) is 26.6.